The first kappa shape index (κ1) is 13.4. The zero-order valence-corrected chi connectivity index (χ0v) is 11.9. The molecule has 0 spiro atoms. The van der Waals surface area contributed by atoms with Crippen LogP contribution in [0.15, 0.2) is 18.2 Å². The van der Waals surface area contributed by atoms with E-state index < -0.39 is 6.10 Å². The van der Waals surface area contributed by atoms with Crippen LogP contribution in [0.4, 0.5) is 0 Å². The van der Waals surface area contributed by atoms with Crippen molar-refractivity contribution in [3.63, 3.8) is 0 Å². The van der Waals surface area contributed by atoms with Crippen molar-refractivity contribution in [2.75, 3.05) is 27.7 Å². The van der Waals surface area contributed by atoms with Gasteiger partial charge in [0.05, 0.1) is 13.2 Å². The summed E-state index contributed by atoms with van der Waals surface area (Å²) in [6.45, 7) is 5.30. The van der Waals surface area contributed by atoms with Crippen LogP contribution >= 0.6 is 0 Å². The first-order valence-corrected chi connectivity index (χ1v) is 6.39. The van der Waals surface area contributed by atoms with E-state index in [1.54, 1.807) is 7.11 Å². The molecule has 1 aromatic rings. The number of ether oxygens (including phenoxy) is 1. The van der Waals surface area contributed by atoms with Crippen molar-refractivity contribution in [1.82, 2.24) is 4.90 Å². The Morgan fingerprint density at radius 3 is 2.56 bits per heavy atom. The third-order valence-electron chi connectivity index (χ3n) is 4.14. The number of methoxy groups -OCH3 is 1. The highest BCUT2D eigenvalue weighted by atomic mass is 16.5. The molecule has 0 aromatic heterocycles. The lowest BCUT2D eigenvalue weighted by Gasteiger charge is -2.31. The van der Waals surface area contributed by atoms with Gasteiger partial charge in [-0.25, -0.2) is 0 Å². The lowest BCUT2D eigenvalue weighted by atomic mass is 9.78. The number of nitrogens with zero attached hydrogens (tertiary/aromatic N) is 1. The molecule has 0 aliphatic heterocycles. The minimum atomic E-state index is -0.410. The van der Waals surface area contributed by atoms with Gasteiger partial charge in [0.25, 0.3) is 0 Å². The Balaban J connectivity index is 2.43. The molecule has 1 N–H and O–H groups in total. The number of hydrogen-bond acceptors (Lipinski definition) is 3. The summed E-state index contributed by atoms with van der Waals surface area (Å²) in [5.41, 5.74) is 2.25. The summed E-state index contributed by atoms with van der Waals surface area (Å²) in [7, 11) is 5.75. The van der Waals surface area contributed by atoms with Gasteiger partial charge in [0, 0.05) is 12.5 Å². The van der Waals surface area contributed by atoms with Gasteiger partial charge in [0.15, 0.2) is 0 Å². The average Bonchev–Trinajstić information content (AvgIpc) is 2.50. The van der Waals surface area contributed by atoms with Gasteiger partial charge in [-0.3, -0.25) is 0 Å². The Morgan fingerprint density at radius 1 is 1.33 bits per heavy atom. The van der Waals surface area contributed by atoms with Crippen molar-refractivity contribution in [2.24, 2.45) is 5.92 Å². The van der Waals surface area contributed by atoms with Crippen LogP contribution < -0.4 is 4.74 Å². The lowest BCUT2D eigenvalue weighted by Crippen LogP contribution is -2.34. The standard InChI is InChI=1S/C15H23NO2/c1-15(2)12-7-6-10(18-5)8-11(12)14(17)13(15)9-16(3)4/h6-8,13-14,17H,9H2,1-5H3/t13-,14-/m1/s1. The summed E-state index contributed by atoms with van der Waals surface area (Å²) in [5, 5.41) is 10.6. The van der Waals surface area contributed by atoms with E-state index in [2.05, 4.69) is 24.8 Å². The van der Waals surface area contributed by atoms with E-state index in [0.717, 1.165) is 17.9 Å². The summed E-state index contributed by atoms with van der Waals surface area (Å²) >= 11 is 0. The number of aliphatic hydroxyl groups excluding tert-OH is 1. The third kappa shape index (κ3) is 2.02. The van der Waals surface area contributed by atoms with Crippen molar-refractivity contribution >= 4 is 0 Å². The Labute approximate surface area is 109 Å². The van der Waals surface area contributed by atoms with Crippen molar-refractivity contribution in [1.29, 1.82) is 0 Å². The first-order chi connectivity index (χ1) is 8.37. The maximum Gasteiger partial charge on any atom is 0.119 e. The fourth-order valence-electron chi connectivity index (χ4n) is 3.03. The van der Waals surface area contributed by atoms with E-state index in [4.69, 9.17) is 4.74 Å². The molecule has 2 atom stereocenters. The number of hydrogen-bond donors (Lipinski definition) is 1. The van der Waals surface area contributed by atoms with E-state index in [1.807, 2.05) is 26.2 Å². The van der Waals surface area contributed by atoms with E-state index in [1.165, 1.54) is 5.56 Å². The molecule has 0 fully saturated rings. The van der Waals surface area contributed by atoms with Gasteiger partial charge >= 0.3 is 0 Å². The SMILES string of the molecule is COc1ccc2c(c1)[C@@H](O)[C@@H](CN(C)C)C2(C)C. The number of fused-ring (bicyclic) bond motifs is 1. The fraction of sp³-hybridized carbons (Fsp3) is 0.600. The molecule has 0 bridgehead atoms. The van der Waals surface area contributed by atoms with Crippen molar-refractivity contribution in [3.8, 4) is 5.75 Å². The summed E-state index contributed by atoms with van der Waals surface area (Å²) in [4.78, 5) is 2.14. The Hall–Kier alpha value is -1.06. The summed E-state index contributed by atoms with van der Waals surface area (Å²) in [5.74, 6) is 1.03. The van der Waals surface area contributed by atoms with Crippen molar-refractivity contribution in [3.05, 3.63) is 29.3 Å². The molecule has 0 saturated carbocycles. The second kappa shape index (κ2) is 4.56. The molecular weight excluding hydrogens is 226 g/mol. The maximum atomic E-state index is 10.6. The van der Waals surface area contributed by atoms with Gasteiger partial charge in [-0.2, -0.15) is 0 Å². The summed E-state index contributed by atoms with van der Waals surface area (Å²) in [6, 6.07) is 6.04. The second-order valence-electron chi connectivity index (χ2n) is 5.99. The van der Waals surface area contributed by atoms with Crippen LogP contribution in [0.1, 0.15) is 31.1 Å². The quantitative estimate of drug-likeness (QED) is 0.891. The molecule has 0 heterocycles. The Bertz CT molecular complexity index is 440. The van der Waals surface area contributed by atoms with Gasteiger partial charge in [-0.1, -0.05) is 19.9 Å². The first-order valence-electron chi connectivity index (χ1n) is 6.39. The van der Waals surface area contributed by atoms with Crippen LogP contribution in [0.2, 0.25) is 0 Å². The predicted octanol–water partition coefficient (Wildman–Crippen LogP) is 2.20. The van der Waals surface area contributed by atoms with E-state index in [-0.39, 0.29) is 11.3 Å². The molecule has 1 aliphatic carbocycles. The number of aliphatic hydroxyl groups is 1. The maximum absolute atomic E-state index is 10.6. The molecule has 18 heavy (non-hydrogen) atoms. The number of rotatable bonds is 3. The Morgan fingerprint density at radius 2 is 2.00 bits per heavy atom. The van der Waals surface area contributed by atoms with Gasteiger partial charge in [-0.05, 0) is 42.8 Å². The van der Waals surface area contributed by atoms with Gasteiger partial charge in [-0.15, -0.1) is 0 Å². The normalized spacial score (nSPS) is 25.3. The minimum absolute atomic E-state index is 0.00864. The highest BCUT2D eigenvalue weighted by molar-refractivity contribution is 5.46. The van der Waals surface area contributed by atoms with Crippen LogP contribution in [0.25, 0.3) is 0 Å². The Kier molecular flexibility index (Phi) is 3.39. The predicted molar refractivity (Wildman–Crippen MR) is 73.0 cm³/mol. The molecule has 0 radical (unpaired) electrons. The molecule has 0 amide bonds. The highest BCUT2D eigenvalue weighted by Crippen LogP contribution is 2.50. The van der Waals surface area contributed by atoms with E-state index >= 15 is 0 Å². The van der Waals surface area contributed by atoms with Crippen LogP contribution in [0, 0.1) is 5.92 Å². The van der Waals surface area contributed by atoms with E-state index in [9.17, 15) is 5.11 Å². The lowest BCUT2D eigenvalue weighted by molar-refractivity contribution is 0.0711. The monoisotopic (exact) mass is 249 g/mol. The summed E-state index contributed by atoms with van der Waals surface area (Å²) in [6.07, 6.45) is -0.410. The van der Waals surface area contributed by atoms with Gasteiger partial charge in [0.1, 0.15) is 5.75 Å². The topological polar surface area (TPSA) is 32.7 Å². The summed E-state index contributed by atoms with van der Waals surface area (Å²) < 4.78 is 5.25. The fourth-order valence-corrected chi connectivity index (χ4v) is 3.03. The average molecular weight is 249 g/mol. The zero-order chi connectivity index (χ0) is 13.5. The molecular formula is C15H23NO2. The van der Waals surface area contributed by atoms with Gasteiger partial charge in [0.2, 0.25) is 0 Å². The molecule has 3 nitrogen and oxygen atoms in total. The molecule has 3 heteroatoms. The highest BCUT2D eigenvalue weighted by Gasteiger charge is 2.45. The van der Waals surface area contributed by atoms with Crippen LogP contribution in [-0.2, 0) is 5.41 Å². The van der Waals surface area contributed by atoms with E-state index in [0.29, 0.717) is 0 Å². The molecule has 1 aliphatic rings. The third-order valence-corrected chi connectivity index (χ3v) is 4.14. The molecule has 0 unspecified atom stereocenters. The largest absolute Gasteiger partial charge is 0.497 e. The van der Waals surface area contributed by atoms with Crippen LogP contribution in [0.3, 0.4) is 0 Å². The van der Waals surface area contributed by atoms with Crippen LogP contribution in [0.5, 0.6) is 5.75 Å². The van der Waals surface area contributed by atoms with Crippen LogP contribution in [-0.4, -0.2) is 37.8 Å². The molecule has 0 saturated heterocycles. The minimum Gasteiger partial charge on any atom is -0.497 e. The number of benzene rings is 1. The molecule has 2 rings (SSSR count). The zero-order valence-electron chi connectivity index (χ0n) is 11.9. The van der Waals surface area contributed by atoms with Gasteiger partial charge < -0.3 is 14.7 Å². The van der Waals surface area contributed by atoms with Crippen molar-refractivity contribution < 1.29 is 9.84 Å². The smallest absolute Gasteiger partial charge is 0.119 e. The second-order valence-corrected chi connectivity index (χ2v) is 5.99. The molecule has 100 valence electrons. The molecule has 1 aromatic carbocycles. The van der Waals surface area contributed by atoms with Crippen molar-refractivity contribution in [2.45, 2.75) is 25.4 Å².